The fourth-order valence-corrected chi connectivity index (χ4v) is 2.60. The number of rotatable bonds is 5. The van der Waals surface area contributed by atoms with E-state index in [0.717, 1.165) is 6.54 Å². The van der Waals surface area contributed by atoms with E-state index in [1.165, 1.54) is 5.56 Å². The molecule has 1 heterocycles. The standard InChI is InChI=1S/C17H26N2O3/c1-16(2,3)22-15(21)19-12-17(13-19,9-10-20)18-11-14-7-5-4-6-8-14/h4-8,18,20H,9-13H2,1-3H3. The highest BCUT2D eigenvalue weighted by Gasteiger charge is 2.45. The zero-order chi connectivity index (χ0) is 16.2. The molecule has 122 valence electrons. The molecule has 0 radical (unpaired) electrons. The molecule has 1 aliphatic rings. The first-order chi connectivity index (χ1) is 10.3. The predicted molar refractivity (Wildman–Crippen MR) is 85.5 cm³/mol. The first-order valence-electron chi connectivity index (χ1n) is 7.71. The van der Waals surface area contributed by atoms with Crippen molar-refractivity contribution in [2.75, 3.05) is 19.7 Å². The molecule has 1 aliphatic heterocycles. The molecule has 0 unspecified atom stereocenters. The van der Waals surface area contributed by atoms with E-state index in [1.807, 2.05) is 39.0 Å². The van der Waals surface area contributed by atoms with Gasteiger partial charge in [0.15, 0.2) is 0 Å². The molecule has 0 atom stereocenters. The average Bonchev–Trinajstić information content (AvgIpc) is 2.40. The number of nitrogens with one attached hydrogen (secondary N) is 1. The molecule has 1 saturated heterocycles. The second-order valence-corrected chi connectivity index (χ2v) is 6.93. The van der Waals surface area contributed by atoms with E-state index < -0.39 is 5.60 Å². The molecule has 0 saturated carbocycles. The summed E-state index contributed by atoms with van der Waals surface area (Å²) in [6, 6.07) is 10.1. The van der Waals surface area contributed by atoms with Gasteiger partial charge in [0.2, 0.25) is 0 Å². The number of hydrogen-bond acceptors (Lipinski definition) is 4. The number of aliphatic hydroxyl groups excluding tert-OH is 1. The lowest BCUT2D eigenvalue weighted by molar-refractivity contribution is -0.0228. The van der Waals surface area contributed by atoms with Gasteiger partial charge in [0.25, 0.3) is 0 Å². The van der Waals surface area contributed by atoms with Crippen LogP contribution >= 0.6 is 0 Å². The zero-order valence-electron chi connectivity index (χ0n) is 13.6. The Morgan fingerprint density at radius 3 is 2.50 bits per heavy atom. The van der Waals surface area contributed by atoms with Crippen LogP contribution in [0, 0.1) is 0 Å². The SMILES string of the molecule is CC(C)(C)OC(=O)N1CC(CCO)(NCc2ccccc2)C1. The van der Waals surface area contributed by atoms with E-state index in [4.69, 9.17) is 4.74 Å². The van der Waals surface area contributed by atoms with Gasteiger partial charge in [0.05, 0.1) is 5.54 Å². The molecule has 2 N–H and O–H groups in total. The molecule has 5 heteroatoms. The average molecular weight is 306 g/mol. The van der Waals surface area contributed by atoms with Crippen LogP contribution in [0.5, 0.6) is 0 Å². The van der Waals surface area contributed by atoms with Gasteiger partial charge < -0.3 is 20.1 Å². The Bertz CT molecular complexity index is 490. The van der Waals surface area contributed by atoms with E-state index in [-0.39, 0.29) is 18.2 Å². The van der Waals surface area contributed by atoms with Crippen LogP contribution in [0.25, 0.3) is 0 Å². The van der Waals surface area contributed by atoms with E-state index in [9.17, 15) is 9.90 Å². The second-order valence-electron chi connectivity index (χ2n) is 6.93. The molecule has 22 heavy (non-hydrogen) atoms. The Balaban J connectivity index is 1.88. The summed E-state index contributed by atoms with van der Waals surface area (Å²) in [6.07, 6.45) is 0.335. The van der Waals surface area contributed by atoms with Crippen molar-refractivity contribution in [1.29, 1.82) is 0 Å². The number of carbonyl (C=O) groups excluding carboxylic acids is 1. The summed E-state index contributed by atoms with van der Waals surface area (Å²) in [5.74, 6) is 0. The molecule has 1 aromatic rings. The highest BCUT2D eigenvalue weighted by atomic mass is 16.6. The van der Waals surface area contributed by atoms with Crippen molar-refractivity contribution in [1.82, 2.24) is 10.2 Å². The molecular weight excluding hydrogens is 280 g/mol. The number of carbonyl (C=O) groups is 1. The van der Waals surface area contributed by atoms with Gasteiger partial charge in [-0.3, -0.25) is 0 Å². The van der Waals surface area contributed by atoms with Crippen LogP contribution in [0.3, 0.4) is 0 Å². The first kappa shape index (κ1) is 16.8. The summed E-state index contributed by atoms with van der Waals surface area (Å²) in [5, 5.41) is 12.8. The predicted octanol–water partition coefficient (Wildman–Crippen LogP) is 2.15. The Morgan fingerprint density at radius 2 is 1.95 bits per heavy atom. The number of benzene rings is 1. The molecule has 5 nitrogen and oxygen atoms in total. The van der Waals surface area contributed by atoms with Crippen molar-refractivity contribution < 1.29 is 14.6 Å². The maximum absolute atomic E-state index is 12.0. The molecule has 1 fully saturated rings. The van der Waals surface area contributed by atoms with Gasteiger partial charge >= 0.3 is 6.09 Å². The Labute approximate surface area is 132 Å². The molecule has 0 spiro atoms. The molecule has 0 bridgehead atoms. The summed E-state index contributed by atoms with van der Waals surface area (Å²) >= 11 is 0. The summed E-state index contributed by atoms with van der Waals surface area (Å²) in [5.41, 5.74) is 0.487. The number of amides is 1. The van der Waals surface area contributed by atoms with E-state index in [0.29, 0.717) is 19.5 Å². The van der Waals surface area contributed by atoms with Crippen molar-refractivity contribution in [3.05, 3.63) is 35.9 Å². The minimum absolute atomic E-state index is 0.101. The molecule has 2 rings (SSSR count). The van der Waals surface area contributed by atoms with E-state index in [2.05, 4.69) is 17.4 Å². The van der Waals surface area contributed by atoms with Crippen LogP contribution in [0.4, 0.5) is 4.79 Å². The summed E-state index contributed by atoms with van der Waals surface area (Å²) in [6.45, 7) is 7.54. The lowest BCUT2D eigenvalue weighted by Gasteiger charge is -2.50. The molecular formula is C17H26N2O3. The Hall–Kier alpha value is -1.59. The largest absolute Gasteiger partial charge is 0.444 e. The van der Waals surface area contributed by atoms with E-state index in [1.54, 1.807) is 4.90 Å². The molecule has 0 aliphatic carbocycles. The minimum atomic E-state index is -0.482. The second kappa shape index (κ2) is 6.67. The first-order valence-corrected chi connectivity index (χ1v) is 7.71. The Kier molecular flexibility index (Phi) is 5.08. The maximum atomic E-state index is 12.0. The highest BCUT2D eigenvalue weighted by molar-refractivity contribution is 5.69. The lowest BCUT2D eigenvalue weighted by Crippen LogP contribution is -2.70. The topological polar surface area (TPSA) is 61.8 Å². The summed E-state index contributed by atoms with van der Waals surface area (Å²) in [7, 11) is 0. The quantitative estimate of drug-likeness (QED) is 0.875. The highest BCUT2D eigenvalue weighted by Crippen LogP contribution is 2.27. The van der Waals surface area contributed by atoms with Gasteiger partial charge in [-0.1, -0.05) is 30.3 Å². The smallest absolute Gasteiger partial charge is 0.410 e. The van der Waals surface area contributed by atoms with Gasteiger partial charge in [0.1, 0.15) is 5.60 Å². The summed E-state index contributed by atoms with van der Waals surface area (Å²) < 4.78 is 5.37. The molecule has 1 amide bonds. The molecule has 0 aromatic heterocycles. The summed E-state index contributed by atoms with van der Waals surface area (Å²) in [4.78, 5) is 13.7. The van der Waals surface area contributed by atoms with Crippen LogP contribution in [-0.4, -0.2) is 46.9 Å². The van der Waals surface area contributed by atoms with Gasteiger partial charge in [-0.05, 0) is 32.8 Å². The normalized spacial score (nSPS) is 17.0. The fourth-order valence-electron chi connectivity index (χ4n) is 2.60. The number of ether oxygens (including phenoxy) is 1. The van der Waals surface area contributed by atoms with Crippen LogP contribution in [0.15, 0.2) is 30.3 Å². The van der Waals surface area contributed by atoms with E-state index >= 15 is 0 Å². The van der Waals surface area contributed by atoms with Gasteiger partial charge in [-0.25, -0.2) is 4.79 Å². The van der Waals surface area contributed by atoms with Crippen LogP contribution in [-0.2, 0) is 11.3 Å². The minimum Gasteiger partial charge on any atom is -0.444 e. The van der Waals surface area contributed by atoms with Crippen LogP contribution < -0.4 is 5.32 Å². The van der Waals surface area contributed by atoms with Gasteiger partial charge in [-0.15, -0.1) is 0 Å². The molecule has 1 aromatic carbocycles. The zero-order valence-corrected chi connectivity index (χ0v) is 13.6. The monoisotopic (exact) mass is 306 g/mol. The number of aliphatic hydroxyl groups is 1. The number of hydrogen-bond donors (Lipinski definition) is 2. The van der Waals surface area contributed by atoms with Crippen LogP contribution in [0.1, 0.15) is 32.8 Å². The van der Waals surface area contributed by atoms with Crippen LogP contribution in [0.2, 0.25) is 0 Å². The maximum Gasteiger partial charge on any atom is 0.410 e. The number of nitrogens with zero attached hydrogens (tertiary/aromatic N) is 1. The van der Waals surface area contributed by atoms with Gasteiger partial charge in [0, 0.05) is 26.2 Å². The third kappa shape index (κ3) is 4.45. The van der Waals surface area contributed by atoms with Crippen molar-refractivity contribution >= 4 is 6.09 Å². The van der Waals surface area contributed by atoms with Crippen molar-refractivity contribution in [3.8, 4) is 0 Å². The third-order valence-corrected chi connectivity index (χ3v) is 3.74. The van der Waals surface area contributed by atoms with Crippen molar-refractivity contribution in [2.45, 2.75) is 44.9 Å². The van der Waals surface area contributed by atoms with Crippen molar-refractivity contribution in [3.63, 3.8) is 0 Å². The number of likely N-dealkylation sites (tertiary alicyclic amines) is 1. The van der Waals surface area contributed by atoms with Crippen molar-refractivity contribution in [2.24, 2.45) is 0 Å². The fraction of sp³-hybridized carbons (Fsp3) is 0.588. The lowest BCUT2D eigenvalue weighted by atomic mass is 9.86. The Morgan fingerprint density at radius 1 is 1.32 bits per heavy atom. The third-order valence-electron chi connectivity index (χ3n) is 3.74. The van der Waals surface area contributed by atoms with Gasteiger partial charge in [-0.2, -0.15) is 0 Å².